The SMILES string of the molecule is CN(Cc1ccccc1N1CCOCC1)C(=O)Cn1c(=O)c2c(ncn2C)n(C)c1=O. The molecule has 0 aliphatic carbocycles. The number of imidazole rings is 1. The second kappa shape index (κ2) is 8.38. The Morgan fingerprint density at radius 1 is 1.16 bits per heavy atom. The molecular weight excluding hydrogens is 400 g/mol. The van der Waals surface area contributed by atoms with Crippen molar-refractivity contribution in [3.8, 4) is 0 Å². The van der Waals surface area contributed by atoms with E-state index in [1.165, 1.54) is 10.9 Å². The second-order valence-electron chi connectivity index (χ2n) is 7.74. The maximum Gasteiger partial charge on any atom is 0.332 e. The average molecular weight is 426 g/mol. The number of rotatable bonds is 5. The fourth-order valence-corrected chi connectivity index (χ4v) is 3.89. The fourth-order valence-electron chi connectivity index (χ4n) is 3.89. The van der Waals surface area contributed by atoms with Crippen molar-refractivity contribution in [1.29, 1.82) is 0 Å². The molecule has 1 fully saturated rings. The number of hydrogen-bond acceptors (Lipinski definition) is 6. The van der Waals surface area contributed by atoms with E-state index in [2.05, 4.69) is 9.88 Å². The molecule has 4 rings (SSSR count). The van der Waals surface area contributed by atoms with Crippen molar-refractivity contribution in [2.24, 2.45) is 14.1 Å². The number of hydrogen-bond donors (Lipinski definition) is 0. The van der Waals surface area contributed by atoms with Crippen molar-refractivity contribution in [3.05, 3.63) is 57.0 Å². The van der Waals surface area contributed by atoms with Crippen molar-refractivity contribution in [2.45, 2.75) is 13.1 Å². The van der Waals surface area contributed by atoms with Crippen LogP contribution in [0, 0.1) is 0 Å². The Morgan fingerprint density at radius 3 is 2.61 bits per heavy atom. The number of carbonyl (C=O) groups is 1. The summed E-state index contributed by atoms with van der Waals surface area (Å²) < 4.78 is 9.25. The van der Waals surface area contributed by atoms with Crippen molar-refractivity contribution in [2.75, 3.05) is 38.3 Å². The molecule has 1 aromatic carbocycles. The van der Waals surface area contributed by atoms with E-state index in [1.54, 1.807) is 30.6 Å². The van der Waals surface area contributed by atoms with Crippen molar-refractivity contribution in [1.82, 2.24) is 23.6 Å². The van der Waals surface area contributed by atoms with Gasteiger partial charge in [-0.2, -0.15) is 0 Å². The molecule has 0 spiro atoms. The minimum atomic E-state index is -0.563. The number of likely N-dealkylation sites (N-methyl/N-ethyl adjacent to an activating group) is 1. The smallest absolute Gasteiger partial charge is 0.332 e. The number of aryl methyl sites for hydroxylation is 2. The Bertz CT molecular complexity index is 1230. The van der Waals surface area contributed by atoms with Gasteiger partial charge in [-0.3, -0.25) is 14.2 Å². The second-order valence-corrected chi connectivity index (χ2v) is 7.74. The highest BCUT2D eigenvalue weighted by molar-refractivity contribution is 5.77. The summed E-state index contributed by atoms with van der Waals surface area (Å²) in [6, 6.07) is 7.94. The number of anilines is 1. The molecule has 0 N–H and O–H groups in total. The third-order valence-corrected chi connectivity index (χ3v) is 5.67. The van der Waals surface area contributed by atoms with Gasteiger partial charge in [0.15, 0.2) is 11.2 Å². The van der Waals surface area contributed by atoms with Gasteiger partial charge in [0, 0.05) is 46.5 Å². The van der Waals surface area contributed by atoms with Gasteiger partial charge in [-0.05, 0) is 11.6 Å². The summed E-state index contributed by atoms with van der Waals surface area (Å²) in [5, 5.41) is 0. The molecule has 0 saturated carbocycles. The van der Waals surface area contributed by atoms with E-state index >= 15 is 0 Å². The molecule has 0 bridgehead atoms. The van der Waals surface area contributed by atoms with Gasteiger partial charge < -0.3 is 19.1 Å². The van der Waals surface area contributed by atoms with Crippen LogP contribution in [0.2, 0.25) is 0 Å². The van der Waals surface area contributed by atoms with E-state index in [9.17, 15) is 14.4 Å². The molecule has 31 heavy (non-hydrogen) atoms. The zero-order valence-electron chi connectivity index (χ0n) is 17.9. The summed E-state index contributed by atoms with van der Waals surface area (Å²) in [6.07, 6.45) is 1.48. The standard InChI is InChI=1S/C21H26N6O4/c1-23(12-15-6-4-5-7-16(15)26-8-10-31-11-9-26)17(28)13-27-20(29)18-19(22-14-24(18)2)25(3)21(27)30/h4-7,14H,8-13H2,1-3H3. The van der Waals surface area contributed by atoms with Crippen LogP contribution in [-0.2, 0) is 36.7 Å². The first-order chi connectivity index (χ1) is 14.9. The van der Waals surface area contributed by atoms with Crippen LogP contribution in [0.1, 0.15) is 5.56 Å². The van der Waals surface area contributed by atoms with E-state index in [0.29, 0.717) is 25.4 Å². The number of amides is 1. The van der Waals surface area contributed by atoms with Gasteiger partial charge in [-0.1, -0.05) is 18.2 Å². The average Bonchev–Trinajstić information content (AvgIpc) is 3.17. The highest BCUT2D eigenvalue weighted by Crippen LogP contribution is 2.22. The number of ether oxygens (including phenoxy) is 1. The van der Waals surface area contributed by atoms with Crippen molar-refractivity contribution < 1.29 is 9.53 Å². The molecule has 1 amide bonds. The number of nitrogens with zero attached hydrogens (tertiary/aromatic N) is 6. The Morgan fingerprint density at radius 2 is 1.87 bits per heavy atom. The van der Waals surface area contributed by atoms with Gasteiger partial charge in [0.1, 0.15) is 6.54 Å². The van der Waals surface area contributed by atoms with E-state index in [-0.39, 0.29) is 18.0 Å². The number of benzene rings is 1. The Balaban J connectivity index is 1.58. The third kappa shape index (κ3) is 3.86. The molecule has 2 aromatic heterocycles. The van der Waals surface area contributed by atoms with Gasteiger partial charge in [-0.25, -0.2) is 14.3 Å². The highest BCUT2D eigenvalue weighted by Gasteiger charge is 2.20. The molecule has 0 radical (unpaired) electrons. The molecule has 164 valence electrons. The van der Waals surface area contributed by atoms with Gasteiger partial charge in [0.2, 0.25) is 5.91 Å². The molecule has 10 nitrogen and oxygen atoms in total. The van der Waals surface area contributed by atoms with Crippen LogP contribution in [-0.4, -0.2) is 62.8 Å². The predicted octanol–water partition coefficient (Wildman–Crippen LogP) is -0.0711. The lowest BCUT2D eigenvalue weighted by molar-refractivity contribution is -0.131. The van der Waals surface area contributed by atoms with E-state index in [0.717, 1.165) is 28.9 Å². The Hall–Kier alpha value is -3.40. The van der Waals surface area contributed by atoms with Crippen LogP contribution in [0.3, 0.4) is 0 Å². The number of fused-ring (bicyclic) bond motifs is 1. The first-order valence-corrected chi connectivity index (χ1v) is 10.1. The van der Waals surface area contributed by atoms with E-state index < -0.39 is 11.2 Å². The van der Waals surface area contributed by atoms with Crippen LogP contribution < -0.4 is 16.1 Å². The summed E-state index contributed by atoms with van der Waals surface area (Å²) in [7, 11) is 4.90. The van der Waals surface area contributed by atoms with Crippen LogP contribution in [0.4, 0.5) is 5.69 Å². The van der Waals surface area contributed by atoms with Crippen LogP contribution in [0.5, 0.6) is 0 Å². The first kappa shape index (κ1) is 20.9. The van der Waals surface area contributed by atoms with E-state index in [1.807, 2.05) is 24.3 Å². The normalized spacial score (nSPS) is 14.2. The zero-order valence-corrected chi connectivity index (χ0v) is 17.9. The zero-order chi connectivity index (χ0) is 22.1. The molecule has 0 atom stereocenters. The number of para-hydroxylation sites is 1. The largest absolute Gasteiger partial charge is 0.378 e. The Kier molecular flexibility index (Phi) is 5.64. The lowest BCUT2D eigenvalue weighted by Crippen LogP contribution is -2.44. The van der Waals surface area contributed by atoms with Crippen LogP contribution in [0.15, 0.2) is 40.2 Å². The summed E-state index contributed by atoms with van der Waals surface area (Å²) in [5.74, 6) is -0.322. The molecule has 0 unspecified atom stereocenters. The molecular formula is C21H26N6O4. The third-order valence-electron chi connectivity index (χ3n) is 5.67. The molecule has 3 aromatic rings. The molecule has 1 aliphatic rings. The maximum atomic E-state index is 12.9. The molecule has 10 heteroatoms. The fraction of sp³-hybridized carbons (Fsp3) is 0.429. The summed E-state index contributed by atoms with van der Waals surface area (Å²) in [4.78, 5) is 46.4. The number of morpholine rings is 1. The van der Waals surface area contributed by atoms with Crippen LogP contribution in [0.25, 0.3) is 11.2 Å². The maximum absolute atomic E-state index is 12.9. The van der Waals surface area contributed by atoms with Crippen LogP contribution >= 0.6 is 0 Å². The van der Waals surface area contributed by atoms with Crippen molar-refractivity contribution in [3.63, 3.8) is 0 Å². The Labute approximate surface area is 178 Å². The minimum Gasteiger partial charge on any atom is -0.378 e. The quantitative estimate of drug-likeness (QED) is 0.567. The number of aromatic nitrogens is 4. The monoisotopic (exact) mass is 426 g/mol. The van der Waals surface area contributed by atoms with E-state index in [4.69, 9.17) is 4.74 Å². The highest BCUT2D eigenvalue weighted by atomic mass is 16.5. The molecule has 3 heterocycles. The lowest BCUT2D eigenvalue weighted by atomic mass is 10.1. The van der Waals surface area contributed by atoms with Gasteiger partial charge in [-0.15, -0.1) is 0 Å². The molecule has 1 saturated heterocycles. The van der Waals surface area contributed by atoms with Gasteiger partial charge in [0.25, 0.3) is 5.56 Å². The minimum absolute atomic E-state index is 0.287. The summed E-state index contributed by atoms with van der Waals surface area (Å²) in [5.41, 5.74) is 1.57. The number of carbonyl (C=O) groups excluding carboxylic acids is 1. The topological polar surface area (TPSA) is 94.6 Å². The lowest BCUT2D eigenvalue weighted by Gasteiger charge is -2.31. The predicted molar refractivity (Wildman–Crippen MR) is 116 cm³/mol. The molecule has 1 aliphatic heterocycles. The van der Waals surface area contributed by atoms with Crippen molar-refractivity contribution >= 4 is 22.8 Å². The summed E-state index contributed by atoms with van der Waals surface area (Å²) >= 11 is 0. The first-order valence-electron chi connectivity index (χ1n) is 10.1. The van der Waals surface area contributed by atoms with Gasteiger partial charge >= 0.3 is 5.69 Å². The van der Waals surface area contributed by atoms with Gasteiger partial charge in [0.05, 0.1) is 19.5 Å². The summed E-state index contributed by atoms with van der Waals surface area (Å²) in [6.45, 7) is 2.98.